The van der Waals surface area contributed by atoms with E-state index in [1.54, 1.807) is 0 Å². The van der Waals surface area contributed by atoms with E-state index in [-0.39, 0.29) is 5.54 Å². The third kappa shape index (κ3) is 3.67. The molecule has 0 aromatic rings. The Balaban J connectivity index is 2.14. The van der Waals surface area contributed by atoms with Crippen LogP contribution in [-0.4, -0.2) is 24.3 Å². The zero-order valence-corrected chi connectivity index (χ0v) is 8.22. The molecule has 0 radical (unpaired) electrons. The summed E-state index contributed by atoms with van der Waals surface area (Å²) in [7, 11) is 0. The van der Waals surface area contributed by atoms with E-state index in [0.717, 1.165) is 19.5 Å². The van der Waals surface area contributed by atoms with Crippen molar-refractivity contribution in [2.75, 3.05) is 13.1 Å². The molecule has 0 fully saturated rings. The number of nitrogens with one attached hydrogen (secondary N) is 1. The van der Waals surface area contributed by atoms with Gasteiger partial charge in [-0.3, -0.25) is 4.99 Å². The quantitative estimate of drug-likeness (QED) is 0.679. The first kappa shape index (κ1) is 9.46. The predicted octanol–water partition coefficient (Wildman–Crippen LogP) is 1.78. The average Bonchev–Trinajstić information content (AvgIpc) is 2.36. The number of allylic oxidation sites excluding steroid dienone is 1. The summed E-state index contributed by atoms with van der Waals surface area (Å²) >= 11 is 0. The molecule has 1 rings (SSSR count). The third-order valence-corrected chi connectivity index (χ3v) is 1.75. The van der Waals surface area contributed by atoms with Crippen LogP contribution in [0.3, 0.4) is 0 Å². The predicted molar refractivity (Wildman–Crippen MR) is 53.8 cm³/mol. The number of hydrogen-bond acceptors (Lipinski definition) is 2. The normalized spacial score (nSPS) is 16.8. The van der Waals surface area contributed by atoms with E-state index in [1.165, 1.54) is 5.71 Å². The second-order valence-corrected chi connectivity index (χ2v) is 4.16. The van der Waals surface area contributed by atoms with Crippen LogP contribution in [0.1, 0.15) is 27.2 Å². The maximum Gasteiger partial charge on any atom is 0.0577 e. The van der Waals surface area contributed by atoms with Gasteiger partial charge in [0.1, 0.15) is 0 Å². The summed E-state index contributed by atoms with van der Waals surface area (Å²) in [5.74, 6) is 0. The molecule has 0 saturated carbocycles. The Kier molecular flexibility index (Phi) is 3.04. The summed E-state index contributed by atoms with van der Waals surface area (Å²) in [5.41, 5.74) is 1.45. The first-order valence-electron chi connectivity index (χ1n) is 4.53. The highest BCUT2D eigenvalue weighted by Crippen LogP contribution is 2.01. The Morgan fingerprint density at radius 3 is 2.75 bits per heavy atom. The molecule has 2 heteroatoms. The topological polar surface area (TPSA) is 24.4 Å². The summed E-state index contributed by atoms with van der Waals surface area (Å²) in [6.07, 6.45) is 5.27. The molecule has 0 spiro atoms. The van der Waals surface area contributed by atoms with Gasteiger partial charge in [-0.15, -0.1) is 0 Å². The Morgan fingerprint density at radius 2 is 2.25 bits per heavy atom. The van der Waals surface area contributed by atoms with Crippen molar-refractivity contribution in [1.82, 2.24) is 5.32 Å². The van der Waals surface area contributed by atoms with E-state index >= 15 is 0 Å². The molecule has 2 nitrogen and oxygen atoms in total. The standard InChI is InChI=1S/C10H18N2/c1-10(2,3)12-8-6-9-5-4-7-11-9/h4-5,12H,6-8H2,1-3H3. The summed E-state index contributed by atoms with van der Waals surface area (Å²) in [6, 6.07) is 0. The van der Waals surface area contributed by atoms with Gasteiger partial charge in [0.25, 0.3) is 0 Å². The SMILES string of the molecule is CC(C)(C)NCCC1=NCC=C1. The zero-order chi connectivity index (χ0) is 9.03. The fourth-order valence-electron chi connectivity index (χ4n) is 1.14. The van der Waals surface area contributed by atoms with Crippen LogP contribution in [0.2, 0.25) is 0 Å². The number of hydrogen-bond donors (Lipinski definition) is 1. The molecule has 0 atom stereocenters. The van der Waals surface area contributed by atoms with Gasteiger partial charge in [-0.05, 0) is 26.8 Å². The van der Waals surface area contributed by atoms with Crippen LogP contribution in [-0.2, 0) is 0 Å². The van der Waals surface area contributed by atoms with E-state index < -0.39 is 0 Å². The van der Waals surface area contributed by atoms with Crippen molar-refractivity contribution in [3.8, 4) is 0 Å². The van der Waals surface area contributed by atoms with Crippen LogP contribution >= 0.6 is 0 Å². The lowest BCUT2D eigenvalue weighted by Crippen LogP contribution is -2.36. The maximum absolute atomic E-state index is 4.32. The van der Waals surface area contributed by atoms with Gasteiger partial charge in [0.05, 0.1) is 6.54 Å². The number of aliphatic imine (C=N–C) groups is 1. The molecular weight excluding hydrogens is 148 g/mol. The molecular formula is C10H18N2. The van der Waals surface area contributed by atoms with Gasteiger partial charge in [-0.25, -0.2) is 0 Å². The minimum absolute atomic E-state index is 0.225. The lowest BCUT2D eigenvalue weighted by Gasteiger charge is -2.20. The summed E-state index contributed by atoms with van der Waals surface area (Å²) < 4.78 is 0. The summed E-state index contributed by atoms with van der Waals surface area (Å²) in [6.45, 7) is 8.44. The monoisotopic (exact) mass is 166 g/mol. The number of rotatable bonds is 3. The highest BCUT2D eigenvalue weighted by atomic mass is 14.9. The van der Waals surface area contributed by atoms with Crippen molar-refractivity contribution in [2.45, 2.75) is 32.7 Å². The van der Waals surface area contributed by atoms with Crippen molar-refractivity contribution in [3.05, 3.63) is 12.2 Å². The van der Waals surface area contributed by atoms with Crippen LogP contribution in [0.4, 0.5) is 0 Å². The fraction of sp³-hybridized carbons (Fsp3) is 0.700. The summed E-state index contributed by atoms with van der Waals surface area (Å²) in [5, 5.41) is 3.43. The van der Waals surface area contributed by atoms with Gasteiger partial charge in [0.15, 0.2) is 0 Å². The van der Waals surface area contributed by atoms with Crippen LogP contribution in [0.15, 0.2) is 17.1 Å². The van der Waals surface area contributed by atoms with Gasteiger partial charge >= 0.3 is 0 Å². The number of nitrogens with zero attached hydrogens (tertiary/aromatic N) is 1. The Morgan fingerprint density at radius 1 is 1.50 bits per heavy atom. The van der Waals surface area contributed by atoms with E-state index in [0.29, 0.717) is 0 Å². The molecule has 1 aliphatic heterocycles. The molecule has 0 aromatic carbocycles. The maximum atomic E-state index is 4.32. The van der Waals surface area contributed by atoms with Gasteiger partial charge in [0, 0.05) is 24.2 Å². The molecule has 1 N–H and O–H groups in total. The Bertz CT molecular complexity index is 196. The molecule has 0 aromatic heterocycles. The lowest BCUT2D eigenvalue weighted by molar-refractivity contribution is 0.434. The van der Waals surface area contributed by atoms with E-state index in [2.05, 4.69) is 43.2 Å². The molecule has 0 bridgehead atoms. The van der Waals surface area contributed by atoms with Gasteiger partial charge in [-0.2, -0.15) is 0 Å². The molecule has 0 aliphatic carbocycles. The van der Waals surface area contributed by atoms with Crippen molar-refractivity contribution >= 4 is 5.71 Å². The van der Waals surface area contributed by atoms with Crippen LogP contribution in [0, 0.1) is 0 Å². The fourth-order valence-corrected chi connectivity index (χ4v) is 1.14. The second kappa shape index (κ2) is 3.85. The van der Waals surface area contributed by atoms with Crippen LogP contribution < -0.4 is 5.32 Å². The average molecular weight is 166 g/mol. The smallest absolute Gasteiger partial charge is 0.0577 e. The minimum Gasteiger partial charge on any atom is -0.312 e. The van der Waals surface area contributed by atoms with Gasteiger partial charge < -0.3 is 5.32 Å². The lowest BCUT2D eigenvalue weighted by atomic mass is 10.1. The van der Waals surface area contributed by atoms with Crippen molar-refractivity contribution < 1.29 is 0 Å². The molecule has 12 heavy (non-hydrogen) atoms. The first-order valence-corrected chi connectivity index (χ1v) is 4.53. The molecule has 1 heterocycles. The molecule has 0 unspecified atom stereocenters. The summed E-state index contributed by atoms with van der Waals surface area (Å²) in [4.78, 5) is 4.32. The largest absolute Gasteiger partial charge is 0.312 e. The highest BCUT2D eigenvalue weighted by Gasteiger charge is 2.08. The van der Waals surface area contributed by atoms with Crippen LogP contribution in [0.5, 0.6) is 0 Å². The zero-order valence-electron chi connectivity index (χ0n) is 8.22. The van der Waals surface area contributed by atoms with Crippen molar-refractivity contribution in [3.63, 3.8) is 0 Å². The molecule has 1 aliphatic rings. The van der Waals surface area contributed by atoms with E-state index in [1.807, 2.05) is 0 Å². The Hall–Kier alpha value is -0.630. The molecule has 68 valence electrons. The molecule has 0 saturated heterocycles. The van der Waals surface area contributed by atoms with Gasteiger partial charge in [0.2, 0.25) is 0 Å². The second-order valence-electron chi connectivity index (χ2n) is 4.16. The first-order chi connectivity index (χ1) is 5.58. The third-order valence-electron chi connectivity index (χ3n) is 1.75. The van der Waals surface area contributed by atoms with Gasteiger partial charge in [-0.1, -0.05) is 6.08 Å². The minimum atomic E-state index is 0.225. The highest BCUT2D eigenvalue weighted by molar-refractivity contribution is 5.96. The van der Waals surface area contributed by atoms with E-state index in [4.69, 9.17) is 0 Å². The van der Waals surface area contributed by atoms with Crippen molar-refractivity contribution in [1.29, 1.82) is 0 Å². The molecule has 0 amide bonds. The van der Waals surface area contributed by atoms with Crippen LogP contribution in [0.25, 0.3) is 0 Å². The van der Waals surface area contributed by atoms with E-state index in [9.17, 15) is 0 Å². The van der Waals surface area contributed by atoms with Crippen molar-refractivity contribution in [2.24, 2.45) is 4.99 Å². The Labute approximate surface area is 74.8 Å².